The van der Waals surface area contributed by atoms with E-state index in [0.29, 0.717) is 0 Å². The van der Waals surface area contributed by atoms with Gasteiger partial charge in [0.05, 0.1) is 23.7 Å². The van der Waals surface area contributed by atoms with E-state index in [1.807, 2.05) is 13.8 Å². The molecule has 0 saturated carbocycles. The molecule has 2 heterocycles. The molecule has 0 aliphatic heterocycles. The van der Waals surface area contributed by atoms with E-state index >= 15 is 0 Å². The van der Waals surface area contributed by atoms with Crippen LogP contribution in [0.5, 0.6) is 0 Å². The summed E-state index contributed by atoms with van der Waals surface area (Å²) in [6, 6.07) is 3.61. The average Bonchev–Trinajstić information content (AvgIpc) is 3.25. The van der Waals surface area contributed by atoms with E-state index in [-0.39, 0.29) is 0 Å². The molecule has 24 heavy (non-hydrogen) atoms. The molecule has 0 spiro atoms. The van der Waals surface area contributed by atoms with Crippen LogP contribution >= 0.6 is 0 Å². The minimum atomic E-state index is 0.837. The first-order valence-electron chi connectivity index (χ1n) is 7.17. The summed E-state index contributed by atoms with van der Waals surface area (Å²) in [5, 5.41) is 0. The number of rotatable bonds is 0. The van der Waals surface area contributed by atoms with Gasteiger partial charge in [0.25, 0.3) is 0 Å². The van der Waals surface area contributed by atoms with Crippen LogP contribution in [-0.4, -0.2) is 0 Å². The van der Waals surface area contributed by atoms with Crippen LogP contribution in [0.4, 0.5) is 0 Å². The lowest BCUT2D eigenvalue weighted by molar-refractivity contribution is 0.566. The lowest BCUT2D eigenvalue weighted by Crippen LogP contribution is -1.69. The van der Waals surface area contributed by atoms with Gasteiger partial charge in [-0.3, -0.25) is 0 Å². The van der Waals surface area contributed by atoms with Crippen LogP contribution in [-0.2, 0) is 0 Å². The van der Waals surface area contributed by atoms with E-state index in [1.54, 1.807) is 49.3 Å². The van der Waals surface area contributed by atoms with E-state index in [9.17, 15) is 0 Å². The molecule has 0 N–H and O–H groups in total. The SMILES string of the molecule is C/C(C#CC#C/C(C)=C/C#Cc1ccoc1)=C\C#Cc1ccoc1. The first-order valence-corrected chi connectivity index (χ1v) is 7.17. The Balaban J connectivity index is 1.91. The van der Waals surface area contributed by atoms with Gasteiger partial charge >= 0.3 is 0 Å². The van der Waals surface area contributed by atoms with Crippen molar-refractivity contribution in [2.45, 2.75) is 13.8 Å². The van der Waals surface area contributed by atoms with Crippen LogP contribution in [0.25, 0.3) is 0 Å². The van der Waals surface area contributed by atoms with Crippen molar-refractivity contribution < 1.29 is 8.83 Å². The fourth-order valence-electron chi connectivity index (χ4n) is 1.46. The predicted octanol–water partition coefficient (Wildman–Crippen LogP) is 4.18. The van der Waals surface area contributed by atoms with E-state index in [0.717, 1.165) is 22.3 Å². The molecule has 0 aliphatic rings. The van der Waals surface area contributed by atoms with Crippen LogP contribution < -0.4 is 0 Å². The monoisotopic (exact) mass is 310 g/mol. The first-order chi connectivity index (χ1) is 11.7. The molecular weight excluding hydrogens is 296 g/mol. The van der Waals surface area contributed by atoms with Gasteiger partial charge in [-0.2, -0.15) is 0 Å². The summed E-state index contributed by atoms with van der Waals surface area (Å²) in [6.07, 6.45) is 9.87. The van der Waals surface area contributed by atoms with Crippen molar-refractivity contribution in [3.8, 4) is 47.4 Å². The van der Waals surface area contributed by atoms with Crippen molar-refractivity contribution in [2.75, 3.05) is 0 Å². The molecule has 2 aromatic heterocycles. The summed E-state index contributed by atoms with van der Waals surface area (Å²) in [6.45, 7) is 3.77. The Hall–Kier alpha value is -3.72. The van der Waals surface area contributed by atoms with Crippen LogP contribution in [0.3, 0.4) is 0 Å². The van der Waals surface area contributed by atoms with E-state index in [2.05, 4.69) is 47.4 Å². The second-order valence-corrected chi connectivity index (χ2v) is 4.72. The third-order valence-electron chi connectivity index (χ3n) is 2.63. The van der Waals surface area contributed by atoms with Gasteiger partial charge in [0, 0.05) is 11.1 Å². The zero-order chi connectivity index (χ0) is 17.0. The third kappa shape index (κ3) is 6.37. The Morgan fingerprint density at radius 1 is 0.792 bits per heavy atom. The maximum Gasteiger partial charge on any atom is 0.106 e. The van der Waals surface area contributed by atoms with Crippen molar-refractivity contribution >= 4 is 0 Å². The summed E-state index contributed by atoms with van der Waals surface area (Å²) >= 11 is 0. The standard InChI is InChI=1S/C22H14O2/c1-19(9-5-11-21-13-15-23-17-21)7-3-4-8-20(2)10-6-12-22-14-16-24-18-22/h9-10,13-18H,1-2H3/b19-9+,20-10+. The van der Waals surface area contributed by atoms with Gasteiger partial charge < -0.3 is 8.83 Å². The first kappa shape index (κ1) is 16.6. The minimum absolute atomic E-state index is 0.837. The summed E-state index contributed by atoms with van der Waals surface area (Å²) in [5.41, 5.74) is 3.37. The molecular formula is C22H14O2. The minimum Gasteiger partial charge on any atom is -0.471 e. The lowest BCUT2D eigenvalue weighted by atomic mass is 10.2. The van der Waals surface area contributed by atoms with Crippen LogP contribution in [0, 0.1) is 47.4 Å². The van der Waals surface area contributed by atoms with E-state index in [4.69, 9.17) is 8.83 Å². The van der Waals surface area contributed by atoms with Crippen LogP contribution in [0.1, 0.15) is 25.0 Å². The molecule has 0 aromatic carbocycles. The highest BCUT2D eigenvalue weighted by atomic mass is 16.3. The maximum absolute atomic E-state index is 4.93. The molecule has 0 saturated heterocycles. The highest BCUT2D eigenvalue weighted by Crippen LogP contribution is 1.97. The molecule has 114 valence electrons. The van der Waals surface area contributed by atoms with Crippen LogP contribution in [0.2, 0.25) is 0 Å². The molecule has 2 nitrogen and oxygen atoms in total. The van der Waals surface area contributed by atoms with E-state index < -0.39 is 0 Å². The molecule has 0 fully saturated rings. The molecule has 0 amide bonds. The maximum atomic E-state index is 4.93. The fraction of sp³-hybridized carbons (Fsp3) is 0.0909. The van der Waals surface area contributed by atoms with Crippen molar-refractivity contribution in [3.05, 3.63) is 71.6 Å². The smallest absolute Gasteiger partial charge is 0.106 e. The van der Waals surface area contributed by atoms with Crippen LogP contribution in [0.15, 0.2) is 69.3 Å². The quantitative estimate of drug-likeness (QED) is 0.683. The molecule has 0 radical (unpaired) electrons. The molecule has 2 heteroatoms. The summed E-state index contributed by atoms with van der Waals surface area (Å²) < 4.78 is 9.87. The van der Waals surface area contributed by atoms with Gasteiger partial charge in [0.1, 0.15) is 12.5 Å². The number of furan rings is 2. The van der Waals surface area contributed by atoms with Gasteiger partial charge in [0.2, 0.25) is 0 Å². The summed E-state index contributed by atoms with van der Waals surface area (Å²) in [4.78, 5) is 0. The molecule has 0 aliphatic carbocycles. The number of allylic oxidation sites excluding steroid dienone is 4. The van der Waals surface area contributed by atoms with Crippen molar-refractivity contribution in [3.63, 3.8) is 0 Å². The number of hydrogen-bond donors (Lipinski definition) is 0. The van der Waals surface area contributed by atoms with Gasteiger partial charge in [-0.1, -0.05) is 35.5 Å². The largest absolute Gasteiger partial charge is 0.471 e. The Kier molecular flexibility index (Phi) is 6.47. The van der Waals surface area contributed by atoms with Gasteiger partial charge in [-0.05, 0) is 50.0 Å². The molecule has 0 atom stereocenters. The van der Waals surface area contributed by atoms with E-state index in [1.165, 1.54) is 0 Å². The fourth-order valence-corrected chi connectivity index (χ4v) is 1.46. The Labute approximate surface area is 142 Å². The van der Waals surface area contributed by atoms with Crippen molar-refractivity contribution in [1.82, 2.24) is 0 Å². The summed E-state index contributed by atoms with van der Waals surface area (Å²) in [7, 11) is 0. The zero-order valence-electron chi connectivity index (χ0n) is 13.4. The normalized spacial score (nSPS) is 10.1. The highest BCUT2D eigenvalue weighted by molar-refractivity contribution is 5.45. The predicted molar refractivity (Wildman–Crippen MR) is 94.2 cm³/mol. The lowest BCUT2D eigenvalue weighted by Gasteiger charge is -1.80. The summed E-state index contributed by atoms with van der Waals surface area (Å²) in [5.74, 6) is 23.2. The second kappa shape index (κ2) is 9.33. The van der Waals surface area contributed by atoms with Gasteiger partial charge in [-0.15, -0.1) is 0 Å². The zero-order valence-corrected chi connectivity index (χ0v) is 13.4. The van der Waals surface area contributed by atoms with Gasteiger partial charge in [-0.25, -0.2) is 0 Å². The Morgan fingerprint density at radius 2 is 1.25 bits per heavy atom. The topological polar surface area (TPSA) is 26.3 Å². The average molecular weight is 310 g/mol. The molecule has 2 rings (SSSR count). The molecule has 2 aromatic rings. The Morgan fingerprint density at radius 3 is 1.62 bits per heavy atom. The highest BCUT2D eigenvalue weighted by Gasteiger charge is 1.84. The Bertz CT molecular complexity index is 883. The van der Waals surface area contributed by atoms with Crippen molar-refractivity contribution in [1.29, 1.82) is 0 Å². The third-order valence-corrected chi connectivity index (χ3v) is 2.63. The number of hydrogen-bond acceptors (Lipinski definition) is 2. The van der Waals surface area contributed by atoms with Crippen molar-refractivity contribution in [2.24, 2.45) is 0 Å². The molecule has 0 unspecified atom stereocenters. The second-order valence-electron chi connectivity index (χ2n) is 4.72. The van der Waals surface area contributed by atoms with Gasteiger partial charge in [0.15, 0.2) is 0 Å². The molecule has 0 bridgehead atoms.